The van der Waals surface area contributed by atoms with Crippen molar-refractivity contribution in [3.05, 3.63) is 77.5 Å². The van der Waals surface area contributed by atoms with E-state index in [4.69, 9.17) is 0 Å². The van der Waals surface area contributed by atoms with Gasteiger partial charge in [-0.05, 0) is 30.0 Å². The highest BCUT2D eigenvalue weighted by Gasteiger charge is 2.00. The molecule has 0 aliphatic carbocycles. The minimum atomic E-state index is 1.10. The van der Waals surface area contributed by atoms with Gasteiger partial charge < -0.3 is 0 Å². The van der Waals surface area contributed by atoms with Gasteiger partial charge in [-0.1, -0.05) is 86.8 Å². The molecule has 0 fully saturated rings. The van der Waals surface area contributed by atoms with Crippen molar-refractivity contribution in [1.29, 1.82) is 0 Å². The van der Waals surface area contributed by atoms with Crippen LogP contribution in [0.1, 0.15) is 50.2 Å². The van der Waals surface area contributed by atoms with E-state index in [1.54, 1.807) is 0 Å². The molecule has 0 bridgehead atoms. The third-order valence-corrected chi connectivity index (χ3v) is 3.62. The van der Waals surface area contributed by atoms with Crippen LogP contribution in [-0.4, -0.2) is 0 Å². The van der Waals surface area contributed by atoms with Crippen LogP contribution < -0.4 is 0 Å². The number of allylic oxidation sites excluding steroid dienone is 1. The van der Waals surface area contributed by atoms with Crippen LogP contribution in [0.2, 0.25) is 0 Å². The molecular weight excluding hydrogens is 252 g/mol. The van der Waals surface area contributed by atoms with Gasteiger partial charge in [-0.25, -0.2) is 0 Å². The molecule has 2 rings (SSSR count). The minimum absolute atomic E-state index is 1.10. The van der Waals surface area contributed by atoms with Crippen molar-refractivity contribution >= 4 is 11.6 Å². The molecule has 0 saturated heterocycles. The number of rotatable bonds is 7. The van der Waals surface area contributed by atoms with E-state index in [2.05, 4.69) is 73.3 Å². The van der Waals surface area contributed by atoms with Crippen LogP contribution in [0, 0.1) is 0 Å². The van der Waals surface area contributed by atoms with Gasteiger partial charge in [-0.3, -0.25) is 0 Å². The van der Waals surface area contributed by atoms with Crippen LogP contribution in [0.3, 0.4) is 0 Å². The predicted octanol–water partition coefficient (Wildman–Crippen LogP) is 6.35. The van der Waals surface area contributed by atoms with E-state index in [1.807, 2.05) is 6.07 Å². The largest absolute Gasteiger partial charge is 0.116 e. The number of unbranched alkanes of at least 4 members (excludes halogenated alkanes) is 3. The summed E-state index contributed by atoms with van der Waals surface area (Å²) in [5.74, 6) is 0. The molecule has 0 nitrogen and oxygen atoms in total. The molecule has 2 aromatic rings. The van der Waals surface area contributed by atoms with Gasteiger partial charge >= 0.3 is 0 Å². The smallest absolute Gasteiger partial charge is 0.00123 e. The second kappa shape index (κ2) is 9.00. The third kappa shape index (κ3) is 5.45. The summed E-state index contributed by atoms with van der Waals surface area (Å²) in [6.45, 7) is 2.25. The van der Waals surface area contributed by atoms with Crippen molar-refractivity contribution in [3.63, 3.8) is 0 Å². The molecule has 0 spiro atoms. The summed E-state index contributed by atoms with van der Waals surface area (Å²) < 4.78 is 0. The van der Waals surface area contributed by atoms with Gasteiger partial charge in [0.05, 0.1) is 0 Å². The maximum Gasteiger partial charge on any atom is 0.00123 e. The predicted molar refractivity (Wildman–Crippen MR) is 93.0 cm³/mol. The topological polar surface area (TPSA) is 0 Å². The van der Waals surface area contributed by atoms with E-state index >= 15 is 0 Å². The van der Waals surface area contributed by atoms with E-state index in [0.29, 0.717) is 0 Å². The lowest BCUT2D eigenvalue weighted by Gasteiger charge is -2.05. The van der Waals surface area contributed by atoms with Crippen LogP contribution >= 0.6 is 0 Å². The molecule has 0 heterocycles. The SMILES string of the molecule is CCCCCCC(=C=Cc1ccccc1)c1ccccc1. The average molecular weight is 276 g/mol. The maximum absolute atomic E-state index is 3.52. The summed E-state index contributed by atoms with van der Waals surface area (Å²) in [5.41, 5.74) is 7.34. The first-order chi connectivity index (χ1) is 10.4. The lowest BCUT2D eigenvalue weighted by Crippen LogP contribution is -1.84. The molecule has 108 valence electrons. The van der Waals surface area contributed by atoms with E-state index in [9.17, 15) is 0 Å². The Morgan fingerprint density at radius 3 is 2.19 bits per heavy atom. The molecule has 0 heteroatoms. The lowest BCUT2D eigenvalue weighted by atomic mass is 9.99. The van der Waals surface area contributed by atoms with Gasteiger partial charge in [0, 0.05) is 5.57 Å². The highest BCUT2D eigenvalue weighted by molar-refractivity contribution is 5.68. The summed E-state index contributed by atoms with van der Waals surface area (Å²) in [5, 5.41) is 0. The molecule has 0 aliphatic rings. The van der Waals surface area contributed by atoms with Crippen LogP contribution in [0.15, 0.2) is 66.4 Å². The first kappa shape index (κ1) is 15.4. The zero-order chi connectivity index (χ0) is 14.8. The van der Waals surface area contributed by atoms with Crippen molar-refractivity contribution in [1.82, 2.24) is 0 Å². The second-order valence-corrected chi connectivity index (χ2v) is 5.35. The molecule has 0 atom stereocenters. The van der Waals surface area contributed by atoms with Crippen molar-refractivity contribution in [2.24, 2.45) is 0 Å². The normalized spacial score (nSPS) is 9.95. The molecule has 0 N–H and O–H groups in total. The average Bonchev–Trinajstić information content (AvgIpc) is 2.56. The van der Waals surface area contributed by atoms with E-state index in [0.717, 1.165) is 6.42 Å². The van der Waals surface area contributed by atoms with Gasteiger partial charge in [0.25, 0.3) is 0 Å². The van der Waals surface area contributed by atoms with Gasteiger partial charge in [-0.2, -0.15) is 0 Å². The summed E-state index contributed by atoms with van der Waals surface area (Å²) >= 11 is 0. The molecule has 21 heavy (non-hydrogen) atoms. The monoisotopic (exact) mass is 276 g/mol. The summed E-state index contributed by atoms with van der Waals surface area (Å²) in [6, 6.07) is 21.1. The van der Waals surface area contributed by atoms with Crippen molar-refractivity contribution in [3.8, 4) is 0 Å². The lowest BCUT2D eigenvalue weighted by molar-refractivity contribution is 0.679. The first-order valence-electron chi connectivity index (χ1n) is 7.96. The molecule has 0 saturated carbocycles. The van der Waals surface area contributed by atoms with Crippen LogP contribution in [0.5, 0.6) is 0 Å². The standard InChI is InChI=1S/C21H24/c1-2-3-4-9-16-21(20-14-10-6-11-15-20)18-17-19-12-7-5-8-13-19/h5-8,10-15,17H,2-4,9,16H2,1H3. The molecule has 0 aromatic heterocycles. The first-order valence-corrected chi connectivity index (χ1v) is 7.96. The zero-order valence-corrected chi connectivity index (χ0v) is 12.9. The zero-order valence-electron chi connectivity index (χ0n) is 12.9. The van der Waals surface area contributed by atoms with Crippen molar-refractivity contribution in [2.45, 2.75) is 39.0 Å². The summed E-state index contributed by atoms with van der Waals surface area (Å²) in [7, 11) is 0. The van der Waals surface area contributed by atoms with Gasteiger partial charge in [0.1, 0.15) is 0 Å². The Morgan fingerprint density at radius 1 is 0.857 bits per heavy atom. The number of hydrogen-bond acceptors (Lipinski definition) is 0. The Labute approximate surface area is 128 Å². The van der Waals surface area contributed by atoms with E-state index in [-0.39, 0.29) is 0 Å². The molecule has 0 amide bonds. The molecule has 0 aliphatic heterocycles. The second-order valence-electron chi connectivity index (χ2n) is 5.35. The van der Waals surface area contributed by atoms with Gasteiger partial charge in [-0.15, -0.1) is 5.73 Å². The fourth-order valence-corrected chi connectivity index (χ4v) is 2.39. The fraction of sp³-hybridized carbons (Fsp3) is 0.286. The number of benzene rings is 2. The fourth-order valence-electron chi connectivity index (χ4n) is 2.39. The Hall–Kier alpha value is -2.04. The van der Waals surface area contributed by atoms with Gasteiger partial charge in [0.2, 0.25) is 0 Å². The Balaban J connectivity index is 2.17. The summed E-state index contributed by atoms with van der Waals surface area (Å²) in [4.78, 5) is 0. The van der Waals surface area contributed by atoms with E-state index in [1.165, 1.54) is 42.4 Å². The van der Waals surface area contributed by atoms with Crippen molar-refractivity contribution < 1.29 is 0 Å². The Kier molecular flexibility index (Phi) is 6.58. The van der Waals surface area contributed by atoms with E-state index < -0.39 is 0 Å². The maximum atomic E-state index is 3.52. The minimum Gasteiger partial charge on any atom is -0.116 e. The van der Waals surface area contributed by atoms with Crippen LogP contribution in [0.25, 0.3) is 11.6 Å². The molecular formula is C21H24. The molecule has 0 unspecified atom stereocenters. The summed E-state index contributed by atoms with van der Waals surface area (Å²) in [6.07, 6.45) is 8.36. The van der Waals surface area contributed by atoms with Crippen LogP contribution in [-0.2, 0) is 0 Å². The Bertz CT molecular complexity index is 572. The van der Waals surface area contributed by atoms with Gasteiger partial charge in [0.15, 0.2) is 0 Å². The van der Waals surface area contributed by atoms with Crippen LogP contribution in [0.4, 0.5) is 0 Å². The molecule has 2 aromatic carbocycles. The third-order valence-electron chi connectivity index (χ3n) is 3.62. The molecule has 0 radical (unpaired) electrons. The highest BCUT2D eigenvalue weighted by atomic mass is 14.0. The van der Waals surface area contributed by atoms with Crippen molar-refractivity contribution in [2.75, 3.05) is 0 Å². The highest BCUT2D eigenvalue weighted by Crippen LogP contribution is 2.20. The number of hydrogen-bond donors (Lipinski definition) is 0. The quantitative estimate of drug-likeness (QED) is 0.408. The Morgan fingerprint density at radius 2 is 1.52 bits per heavy atom.